The summed E-state index contributed by atoms with van der Waals surface area (Å²) in [5.74, 6) is 3.03. The SMILES string of the molecule is CNCc1ccc(CSC(C)(C)C)o1. The first-order chi connectivity index (χ1) is 6.51. The molecule has 1 heterocycles. The van der Waals surface area contributed by atoms with Gasteiger partial charge < -0.3 is 9.73 Å². The molecule has 0 radical (unpaired) electrons. The topological polar surface area (TPSA) is 25.2 Å². The van der Waals surface area contributed by atoms with E-state index >= 15 is 0 Å². The molecule has 0 aromatic carbocycles. The van der Waals surface area contributed by atoms with Crippen molar-refractivity contribution in [1.29, 1.82) is 0 Å². The maximum Gasteiger partial charge on any atom is 0.117 e. The summed E-state index contributed by atoms with van der Waals surface area (Å²) in [6, 6.07) is 4.10. The van der Waals surface area contributed by atoms with E-state index in [0.717, 1.165) is 23.8 Å². The third-order valence-electron chi connectivity index (χ3n) is 1.72. The van der Waals surface area contributed by atoms with E-state index in [0.29, 0.717) is 4.75 Å². The molecule has 0 aliphatic rings. The Morgan fingerprint density at radius 1 is 1.29 bits per heavy atom. The highest BCUT2D eigenvalue weighted by Gasteiger charge is 2.11. The van der Waals surface area contributed by atoms with Gasteiger partial charge in [-0.05, 0) is 19.2 Å². The van der Waals surface area contributed by atoms with E-state index in [9.17, 15) is 0 Å². The first-order valence-corrected chi connectivity index (χ1v) is 5.86. The van der Waals surface area contributed by atoms with Crippen molar-refractivity contribution in [1.82, 2.24) is 5.32 Å². The summed E-state index contributed by atoms with van der Waals surface area (Å²) in [5.41, 5.74) is 0. The van der Waals surface area contributed by atoms with Gasteiger partial charge in [0.25, 0.3) is 0 Å². The standard InChI is InChI=1S/C11H19NOS/c1-11(2,3)14-8-10-6-5-9(13-10)7-12-4/h5-6,12H,7-8H2,1-4H3. The molecule has 0 spiro atoms. The maximum atomic E-state index is 5.64. The normalized spacial score (nSPS) is 12.0. The van der Waals surface area contributed by atoms with Crippen LogP contribution in [-0.2, 0) is 12.3 Å². The van der Waals surface area contributed by atoms with Crippen molar-refractivity contribution in [2.75, 3.05) is 7.05 Å². The zero-order valence-corrected chi connectivity index (χ0v) is 10.2. The van der Waals surface area contributed by atoms with Crippen molar-refractivity contribution < 1.29 is 4.42 Å². The Bertz CT molecular complexity index is 275. The predicted octanol–water partition coefficient (Wildman–Crippen LogP) is 3.03. The minimum absolute atomic E-state index is 0.302. The molecule has 80 valence electrons. The van der Waals surface area contributed by atoms with Crippen LogP contribution in [-0.4, -0.2) is 11.8 Å². The average Bonchev–Trinajstić information content (AvgIpc) is 2.49. The molecule has 1 aromatic heterocycles. The molecule has 0 amide bonds. The van der Waals surface area contributed by atoms with Gasteiger partial charge in [0.15, 0.2) is 0 Å². The summed E-state index contributed by atoms with van der Waals surface area (Å²) in [7, 11) is 1.92. The molecule has 0 saturated heterocycles. The van der Waals surface area contributed by atoms with Gasteiger partial charge in [-0.3, -0.25) is 0 Å². The van der Waals surface area contributed by atoms with Crippen LogP contribution in [0.5, 0.6) is 0 Å². The number of hydrogen-bond acceptors (Lipinski definition) is 3. The highest BCUT2D eigenvalue weighted by Crippen LogP contribution is 2.27. The molecule has 0 unspecified atom stereocenters. The fourth-order valence-corrected chi connectivity index (χ4v) is 1.79. The number of hydrogen-bond donors (Lipinski definition) is 1. The number of rotatable bonds is 4. The summed E-state index contributed by atoms with van der Waals surface area (Å²) < 4.78 is 5.94. The molecule has 1 N–H and O–H groups in total. The monoisotopic (exact) mass is 213 g/mol. The van der Waals surface area contributed by atoms with E-state index in [2.05, 4.69) is 32.2 Å². The van der Waals surface area contributed by atoms with Crippen LogP contribution in [0, 0.1) is 0 Å². The quantitative estimate of drug-likeness (QED) is 0.832. The van der Waals surface area contributed by atoms with Crippen molar-refractivity contribution in [3.05, 3.63) is 23.7 Å². The summed E-state index contributed by atoms with van der Waals surface area (Å²) >= 11 is 1.90. The average molecular weight is 213 g/mol. The number of thioether (sulfide) groups is 1. The van der Waals surface area contributed by atoms with Crippen molar-refractivity contribution in [3.63, 3.8) is 0 Å². The van der Waals surface area contributed by atoms with E-state index in [1.807, 2.05) is 24.9 Å². The van der Waals surface area contributed by atoms with Crippen LogP contribution < -0.4 is 5.32 Å². The van der Waals surface area contributed by atoms with Crippen molar-refractivity contribution in [2.45, 2.75) is 37.8 Å². The Balaban J connectivity index is 2.44. The molecule has 0 atom stereocenters. The summed E-state index contributed by atoms with van der Waals surface area (Å²) in [6.07, 6.45) is 0. The number of nitrogens with one attached hydrogen (secondary N) is 1. The smallest absolute Gasteiger partial charge is 0.117 e. The molecule has 0 saturated carbocycles. The van der Waals surface area contributed by atoms with E-state index in [4.69, 9.17) is 4.42 Å². The van der Waals surface area contributed by atoms with Crippen molar-refractivity contribution >= 4 is 11.8 Å². The lowest BCUT2D eigenvalue weighted by molar-refractivity contribution is 0.468. The molecule has 3 heteroatoms. The summed E-state index contributed by atoms with van der Waals surface area (Å²) in [5, 5.41) is 3.07. The first kappa shape index (κ1) is 11.7. The minimum atomic E-state index is 0.302. The van der Waals surface area contributed by atoms with Gasteiger partial charge in [-0.1, -0.05) is 20.8 Å². The first-order valence-electron chi connectivity index (χ1n) is 4.87. The Morgan fingerprint density at radius 3 is 2.50 bits per heavy atom. The second-order valence-corrected chi connectivity index (χ2v) is 6.10. The Morgan fingerprint density at radius 2 is 1.93 bits per heavy atom. The van der Waals surface area contributed by atoms with Crippen molar-refractivity contribution in [2.24, 2.45) is 0 Å². The van der Waals surface area contributed by atoms with Crippen molar-refractivity contribution in [3.8, 4) is 0 Å². The van der Waals surface area contributed by atoms with Gasteiger partial charge in [0.05, 0.1) is 12.3 Å². The molecule has 1 rings (SSSR count). The maximum absolute atomic E-state index is 5.64. The lowest BCUT2D eigenvalue weighted by Gasteiger charge is -2.16. The van der Waals surface area contributed by atoms with Gasteiger partial charge >= 0.3 is 0 Å². The fraction of sp³-hybridized carbons (Fsp3) is 0.636. The second-order valence-electron chi connectivity index (χ2n) is 4.30. The molecule has 0 aliphatic carbocycles. The zero-order valence-electron chi connectivity index (χ0n) is 9.39. The molecule has 0 fully saturated rings. The Kier molecular flexibility index (Phi) is 4.08. The molecule has 1 aromatic rings. The minimum Gasteiger partial charge on any atom is -0.464 e. The van der Waals surface area contributed by atoms with E-state index < -0.39 is 0 Å². The molecular weight excluding hydrogens is 194 g/mol. The van der Waals surface area contributed by atoms with E-state index in [-0.39, 0.29) is 0 Å². The Labute approximate surface area is 90.5 Å². The molecule has 2 nitrogen and oxygen atoms in total. The van der Waals surface area contributed by atoms with Crippen LogP contribution in [0.15, 0.2) is 16.5 Å². The largest absolute Gasteiger partial charge is 0.464 e. The number of furan rings is 1. The van der Waals surface area contributed by atoms with Gasteiger partial charge in [-0.15, -0.1) is 11.8 Å². The van der Waals surface area contributed by atoms with Gasteiger partial charge in [0.2, 0.25) is 0 Å². The molecular formula is C11H19NOS. The van der Waals surface area contributed by atoms with Gasteiger partial charge in [0, 0.05) is 4.75 Å². The zero-order chi connectivity index (χ0) is 10.6. The van der Waals surface area contributed by atoms with E-state index in [1.54, 1.807) is 0 Å². The predicted molar refractivity (Wildman–Crippen MR) is 62.5 cm³/mol. The summed E-state index contributed by atoms with van der Waals surface area (Å²) in [4.78, 5) is 0. The molecule has 14 heavy (non-hydrogen) atoms. The lowest BCUT2D eigenvalue weighted by atomic mass is 10.3. The van der Waals surface area contributed by atoms with Crippen LogP contribution in [0.2, 0.25) is 0 Å². The third kappa shape index (κ3) is 4.20. The lowest BCUT2D eigenvalue weighted by Crippen LogP contribution is -2.07. The van der Waals surface area contributed by atoms with Gasteiger partial charge in [-0.25, -0.2) is 0 Å². The van der Waals surface area contributed by atoms with Crippen LogP contribution in [0.4, 0.5) is 0 Å². The summed E-state index contributed by atoms with van der Waals surface area (Å²) in [6.45, 7) is 7.46. The van der Waals surface area contributed by atoms with Crippen LogP contribution in [0.25, 0.3) is 0 Å². The van der Waals surface area contributed by atoms with E-state index in [1.165, 1.54) is 0 Å². The highest BCUT2D eigenvalue weighted by atomic mass is 32.2. The fourth-order valence-electron chi connectivity index (χ4n) is 1.06. The van der Waals surface area contributed by atoms with Crippen LogP contribution >= 0.6 is 11.8 Å². The second kappa shape index (κ2) is 4.89. The molecule has 0 bridgehead atoms. The van der Waals surface area contributed by atoms with Gasteiger partial charge in [0.1, 0.15) is 11.5 Å². The Hall–Kier alpha value is -0.410. The van der Waals surface area contributed by atoms with Crippen LogP contribution in [0.1, 0.15) is 32.3 Å². The highest BCUT2D eigenvalue weighted by molar-refractivity contribution is 7.99. The van der Waals surface area contributed by atoms with Gasteiger partial charge in [-0.2, -0.15) is 0 Å². The molecule has 0 aliphatic heterocycles. The van der Waals surface area contributed by atoms with Crippen LogP contribution in [0.3, 0.4) is 0 Å². The third-order valence-corrected chi connectivity index (χ3v) is 3.01.